The van der Waals surface area contributed by atoms with Crippen LogP contribution in [-0.2, 0) is 10.2 Å². The highest BCUT2D eigenvalue weighted by Crippen LogP contribution is 2.33. The van der Waals surface area contributed by atoms with Crippen LogP contribution in [0, 0.1) is 6.92 Å². The molecule has 1 N–H and O–H groups in total. The number of aryl methyl sites for hydroxylation is 1. The quantitative estimate of drug-likeness (QED) is 0.441. The number of nitrogens with zero attached hydrogens (tertiary/aromatic N) is 1. The standard InChI is InChI=1S/C23H27BrN2O2S/c1-13(2)16-11-17(24)14(3)9-19(16)28-12-21(27)26-22-25-18-8-7-15(23(4,5)6)10-20(18)29-22/h7-11,13H,12H2,1-6H3,(H,25,26,27). The average molecular weight is 475 g/mol. The van der Waals surface area contributed by atoms with E-state index in [0.29, 0.717) is 11.0 Å². The number of halogens is 1. The maximum Gasteiger partial charge on any atom is 0.264 e. The Bertz CT molecular complexity index is 1050. The molecule has 2 aromatic carbocycles. The van der Waals surface area contributed by atoms with Gasteiger partial charge in [-0.15, -0.1) is 0 Å². The van der Waals surface area contributed by atoms with Crippen molar-refractivity contribution in [3.63, 3.8) is 0 Å². The van der Waals surface area contributed by atoms with Gasteiger partial charge in [-0.1, -0.05) is 68.0 Å². The molecule has 0 fully saturated rings. The molecule has 29 heavy (non-hydrogen) atoms. The van der Waals surface area contributed by atoms with Crippen LogP contribution in [0.25, 0.3) is 10.2 Å². The SMILES string of the molecule is Cc1cc(OCC(=O)Nc2nc3ccc(C(C)(C)C)cc3s2)c(C(C)C)cc1Br. The fraction of sp³-hybridized carbons (Fsp3) is 0.391. The van der Waals surface area contributed by atoms with E-state index < -0.39 is 0 Å². The lowest BCUT2D eigenvalue weighted by atomic mass is 9.87. The largest absolute Gasteiger partial charge is 0.483 e. The van der Waals surface area contributed by atoms with Crippen LogP contribution < -0.4 is 10.1 Å². The van der Waals surface area contributed by atoms with E-state index in [1.807, 2.05) is 19.1 Å². The zero-order valence-electron chi connectivity index (χ0n) is 17.7. The molecule has 0 unspecified atom stereocenters. The molecule has 0 radical (unpaired) electrons. The van der Waals surface area contributed by atoms with Gasteiger partial charge in [0.1, 0.15) is 5.75 Å². The Balaban J connectivity index is 1.71. The van der Waals surface area contributed by atoms with Gasteiger partial charge in [0, 0.05) is 4.47 Å². The number of thiazole rings is 1. The zero-order chi connectivity index (χ0) is 21.3. The minimum Gasteiger partial charge on any atom is -0.483 e. The van der Waals surface area contributed by atoms with Crippen LogP contribution in [0.3, 0.4) is 0 Å². The maximum atomic E-state index is 12.4. The molecule has 0 saturated heterocycles. The highest BCUT2D eigenvalue weighted by atomic mass is 79.9. The van der Waals surface area contributed by atoms with E-state index in [1.165, 1.54) is 16.9 Å². The second kappa shape index (κ2) is 8.44. The van der Waals surface area contributed by atoms with Gasteiger partial charge in [0.25, 0.3) is 5.91 Å². The Labute approximate surface area is 184 Å². The molecule has 1 heterocycles. The molecule has 1 aromatic heterocycles. The summed E-state index contributed by atoms with van der Waals surface area (Å²) in [5.74, 6) is 0.830. The molecule has 3 rings (SSSR count). The lowest BCUT2D eigenvalue weighted by Crippen LogP contribution is -2.20. The summed E-state index contributed by atoms with van der Waals surface area (Å²) in [6.45, 7) is 12.7. The molecule has 0 aliphatic carbocycles. The van der Waals surface area contributed by atoms with Gasteiger partial charge in [-0.2, -0.15) is 0 Å². The molecule has 1 amide bonds. The average Bonchev–Trinajstić information content (AvgIpc) is 3.02. The summed E-state index contributed by atoms with van der Waals surface area (Å²) in [5, 5.41) is 3.46. The van der Waals surface area contributed by atoms with E-state index in [0.717, 1.165) is 31.6 Å². The van der Waals surface area contributed by atoms with Gasteiger partial charge in [-0.3, -0.25) is 10.1 Å². The Hall–Kier alpha value is -1.92. The van der Waals surface area contributed by atoms with Crippen molar-refractivity contribution in [2.24, 2.45) is 0 Å². The lowest BCUT2D eigenvalue weighted by molar-refractivity contribution is -0.118. The summed E-state index contributed by atoms with van der Waals surface area (Å²) in [7, 11) is 0. The van der Waals surface area contributed by atoms with Gasteiger partial charge < -0.3 is 4.74 Å². The van der Waals surface area contributed by atoms with Crippen molar-refractivity contribution >= 4 is 48.5 Å². The third kappa shape index (κ3) is 5.17. The van der Waals surface area contributed by atoms with Gasteiger partial charge in [0.15, 0.2) is 11.7 Å². The number of carbonyl (C=O) groups excluding carboxylic acids is 1. The first-order valence-electron chi connectivity index (χ1n) is 9.68. The van der Waals surface area contributed by atoms with Crippen LogP contribution in [0.15, 0.2) is 34.8 Å². The molecule has 0 saturated carbocycles. The zero-order valence-corrected chi connectivity index (χ0v) is 20.1. The summed E-state index contributed by atoms with van der Waals surface area (Å²) >= 11 is 5.05. The molecule has 0 atom stereocenters. The van der Waals surface area contributed by atoms with Crippen molar-refractivity contribution in [2.45, 2.75) is 52.9 Å². The van der Waals surface area contributed by atoms with Crippen LogP contribution in [0.1, 0.15) is 57.2 Å². The second-order valence-electron chi connectivity index (χ2n) is 8.58. The molecule has 0 bridgehead atoms. The highest BCUT2D eigenvalue weighted by molar-refractivity contribution is 9.10. The second-order valence-corrected chi connectivity index (χ2v) is 10.5. The lowest BCUT2D eigenvalue weighted by Gasteiger charge is -2.18. The van der Waals surface area contributed by atoms with Gasteiger partial charge >= 0.3 is 0 Å². The molecule has 4 nitrogen and oxygen atoms in total. The number of ether oxygens (including phenoxy) is 1. The number of carbonyl (C=O) groups is 1. The molecule has 154 valence electrons. The molecule has 0 aliphatic heterocycles. The first kappa shape index (κ1) is 21.8. The van der Waals surface area contributed by atoms with Crippen molar-refractivity contribution in [2.75, 3.05) is 11.9 Å². The molecule has 6 heteroatoms. The number of hydrogen-bond acceptors (Lipinski definition) is 4. The number of fused-ring (bicyclic) bond motifs is 1. The first-order chi connectivity index (χ1) is 13.5. The van der Waals surface area contributed by atoms with E-state index in [-0.39, 0.29) is 17.9 Å². The normalized spacial score (nSPS) is 11.9. The van der Waals surface area contributed by atoms with Crippen molar-refractivity contribution in [3.05, 3.63) is 51.5 Å². The number of amides is 1. The summed E-state index contributed by atoms with van der Waals surface area (Å²) in [6.07, 6.45) is 0. The molecule has 0 aliphatic rings. The number of hydrogen-bond donors (Lipinski definition) is 1. The fourth-order valence-electron chi connectivity index (χ4n) is 2.99. The van der Waals surface area contributed by atoms with Gasteiger partial charge in [0.2, 0.25) is 0 Å². The van der Waals surface area contributed by atoms with E-state index in [1.54, 1.807) is 0 Å². The van der Waals surface area contributed by atoms with Gasteiger partial charge in [-0.05, 0) is 59.2 Å². The van der Waals surface area contributed by atoms with Crippen molar-refractivity contribution < 1.29 is 9.53 Å². The predicted molar refractivity (Wildman–Crippen MR) is 125 cm³/mol. The predicted octanol–water partition coefficient (Wildman–Crippen LogP) is 6.81. The van der Waals surface area contributed by atoms with Crippen LogP contribution in [0.2, 0.25) is 0 Å². The number of aromatic nitrogens is 1. The van der Waals surface area contributed by atoms with E-state index in [9.17, 15) is 4.79 Å². The van der Waals surface area contributed by atoms with Crippen LogP contribution >= 0.6 is 27.3 Å². The molecule has 3 aromatic rings. The number of anilines is 1. The summed E-state index contributed by atoms with van der Waals surface area (Å²) in [5.41, 5.74) is 4.37. The van der Waals surface area contributed by atoms with Crippen molar-refractivity contribution in [3.8, 4) is 5.75 Å². The van der Waals surface area contributed by atoms with Crippen molar-refractivity contribution in [1.82, 2.24) is 4.98 Å². The third-order valence-electron chi connectivity index (χ3n) is 4.77. The van der Waals surface area contributed by atoms with Crippen LogP contribution in [-0.4, -0.2) is 17.5 Å². The van der Waals surface area contributed by atoms with E-state index in [2.05, 4.69) is 79.0 Å². The van der Waals surface area contributed by atoms with E-state index in [4.69, 9.17) is 4.74 Å². The summed E-state index contributed by atoms with van der Waals surface area (Å²) < 4.78 is 7.96. The molecule has 0 spiro atoms. The topological polar surface area (TPSA) is 51.2 Å². The summed E-state index contributed by atoms with van der Waals surface area (Å²) in [6, 6.07) is 10.3. The Morgan fingerprint density at radius 2 is 1.97 bits per heavy atom. The van der Waals surface area contributed by atoms with Gasteiger partial charge in [0.05, 0.1) is 10.2 Å². The smallest absolute Gasteiger partial charge is 0.264 e. The Morgan fingerprint density at radius 1 is 1.24 bits per heavy atom. The van der Waals surface area contributed by atoms with E-state index >= 15 is 0 Å². The minimum absolute atomic E-state index is 0.0516. The Kier molecular flexibility index (Phi) is 6.34. The Morgan fingerprint density at radius 3 is 2.62 bits per heavy atom. The highest BCUT2D eigenvalue weighted by Gasteiger charge is 2.16. The first-order valence-corrected chi connectivity index (χ1v) is 11.3. The third-order valence-corrected chi connectivity index (χ3v) is 6.56. The number of benzene rings is 2. The monoisotopic (exact) mass is 474 g/mol. The maximum absolute atomic E-state index is 12.4. The van der Waals surface area contributed by atoms with Gasteiger partial charge in [-0.25, -0.2) is 4.98 Å². The molecular weight excluding hydrogens is 448 g/mol. The van der Waals surface area contributed by atoms with Crippen LogP contribution in [0.5, 0.6) is 5.75 Å². The fourth-order valence-corrected chi connectivity index (χ4v) is 4.27. The minimum atomic E-state index is -0.213. The van der Waals surface area contributed by atoms with Crippen molar-refractivity contribution in [1.29, 1.82) is 0 Å². The molecular formula is C23H27BrN2O2S. The summed E-state index contributed by atoms with van der Waals surface area (Å²) in [4.78, 5) is 17.0. The number of nitrogens with one attached hydrogen (secondary N) is 1. The van der Waals surface area contributed by atoms with Crippen LogP contribution in [0.4, 0.5) is 5.13 Å². The number of rotatable bonds is 5.